The summed E-state index contributed by atoms with van der Waals surface area (Å²) in [6.07, 6.45) is 1.43. The summed E-state index contributed by atoms with van der Waals surface area (Å²) in [5, 5.41) is 19.2. The number of aromatic hydroxyl groups is 1. The Hall–Kier alpha value is -1.28. The van der Waals surface area contributed by atoms with E-state index >= 15 is 0 Å². The fourth-order valence-corrected chi connectivity index (χ4v) is 1.24. The largest absolute Gasteiger partial charge is 0.507 e. The van der Waals surface area contributed by atoms with Crippen LogP contribution >= 0.6 is 0 Å². The van der Waals surface area contributed by atoms with Gasteiger partial charge in [0.15, 0.2) is 0 Å². The Morgan fingerprint density at radius 1 is 1.54 bits per heavy atom. The van der Waals surface area contributed by atoms with Crippen molar-refractivity contribution in [3.05, 3.63) is 42.0 Å². The standard InChI is InChI=1S/C11H14O2/c1-3-5-10(12)9-7-4-6-8(2)11(9)13/h3-4,6-7,10,12-13H,1,5H2,2H3. The van der Waals surface area contributed by atoms with Crippen LogP contribution in [-0.2, 0) is 0 Å². The molecule has 0 aliphatic rings. The van der Waals surface area contributed by atoms with E-state index in [1.54, 1.807) is 25.1 Å². The van der Waals surface area contributed by atoms with Crippen molar-refractivity contribution in [2.45, 2.75) is 19.4 Å². The zero-order valence-electron chi connectivity index (χ0n) is 7.70. The van der Waals surface area contributed by atoms with Gasteiger partial charge < -0.3 is 10.2 Å². The Morgan fingerprint density at radius 2 is 2.23 bits per heavy atom. The van der Waals surface area contributed by atoms with Crippen molar-refractivity contribution in [2.75, 3.05) is 0 Å². The lowest BCUT2D eigenvalue weighted by atomic mass is 10.0. The average Bonchev–Trinajstić information content (AvgIpc) is 2.10. The average molecular weight is 178 g/mol. The molecule has 2 nitrogen and oxygen atoms in total. The summed E-state index contributed by atoms with van der Waals surface area (Å²) < 4.78 is 0. The molecular weight excluding hydrogens is 164 g/mol. The normalized spacial score (nSPS) is 12.5. The van der Waals surface area contributed by atoms with Crippen molar-refractivity contribution in [1.82, 2.24) is 0 Å². The van der Waals surface area contributed by atoms with Gasteiger partial charge in [-0.15, -0.1) is 6.58 Å². The van der Waals surface area contributed by atoms with Crippen LogP contribution in [0.2, 0.25) is 0 Å². The van der Waals surface area contributed by atoms with Gasteiger partial charge in [-0.05, 0) is 18.9 Å². The second-order valence-electron chi connectivity index (χ2n) is 3.05. The number of aliphatic hydroxyl groups is 1. The number of hydrogen-bond donors (Lipinski definition) is 2. The van der Waals surface area contributed by atoms with Crippen LogP contribution in [0.3, 0.4) is 0 Å². The van der Waals surface area contributed by atoms with Gasteiger partial charge in [0.05, 0.1) is 6.10 Å². The highest BCUT2D eigenvalue weighted by atomic mass is 16.3. The molecule has 0 spiro atoms. The third-order valence-corrected chi connectivity index (χ3v) is 2.02. The summed E-state index contributed by atoms with van der Waals surface area (Å²) in [6, 6.07) is 5.34. The maximum Gasteiger partial charge on any atom is 0.124 e. The first-order valence-corrected chi connectivity index (χ1v) is 4.24. The minimum Gasteiger partial charge on any atom is -0.507 e. The number of phenols is 1. The second kappa shape index (κ2) is 4.10. The highest BCUT2D eigenvalue weighted by Crippen LogP contribution is 2.28. The molecule has 2 N–H and O–H groups in total. The Morgan fingerprint density at radius 3 is 2.85 bits per heavy atom. The third kappa shape index (κ3) is 2.10. The van der Waals surface area contributed by atoms with Gasteiger partial charge in [-0.25, -0.2) is 0 Å². The van der Waals surface area contributed by atoms with Gasteiger partial charge in [-0.3, -0.25) is 0 Å². The number of benzene rings is 1. The molecule has 1 rings (SSSR count). The Kier molecular flexibility index (Phi) is 3.09. The van der Waals surface area contributed by atoms with Gasteiger partial charge in [0.25, 0.3) is 0 Å². The van der Waals surface area contributed by atoms with E-state index in [1.807, 2.05) is 6.07 Å². The van der Waals surface area contributed by atoms with E-state index in [4.69, 9.17) is 0 Å². The Bertz CT molecular complexity index is 305. The zero-order chi connectivity index (χ0) is 9.84. The lowest BCUT2D eigenvalue weighted by Crippen LogP contribution is -1.96. The topological polar surface area (TPSA) is 40.5 Å². The van der Waals surface area contributed by atoms with E-state index in [0.29, 0.717) is 12.0 Å². The van der Waals surface area contributed by atoms with Crippen molar-refractivity contribution >= 4 is 0 Å². The molecule has 2 heteroatoms. The van der Waals surface area contributed by atoms with E-state index in [1.165, 1.54) is 0 Å². The van der Waals surface area contributed by atoms with E-state index in [9.17, 15) is 10.2 Å². The van der Waals surface area contributed by atoms with Crippen LogP contribution in [0, 0.1) is 6.92 Å². The number of phenolic OH excluding ortho intramolecular Hbond substituents is 1. The Balaban J connectivity index is 3.00. The molecule has 0 saturated heterocycles. The quantitative estimate of drug-likeness (QED) is 0.697. The molecular formula is C11H14O2. The van der Waals surface area contributed by atoms with Gasteiger partial charge in [-0.2, -0.15) is 0 Å². The number of rotatable bonds is 3. The van der Waals surface area contributed by atoms with Crippen molar-refractivity contribution in [1.29, 1.82) is 0 Å². The minimum atomic E-state index is -0.655. The summed E-state index contributed by atoms with van der Waals surface area (Å²) in [7, 11) is 0. The first-order valence-electron chi connectivity index (χ1n) is 4.24. The van der Waals surface area contributed by atoms with Crippen molar-refractivity contribution < 1.29 is 10.2 Å². The molecule has 13 heavy (non-hydrogen) atoms. The molecule has 0 fully saturated rings. The maximum atomic E-state index is 9.60. The van der Waals surface area contributed by atoms with Crippen molar-refractivity contribution in [3.8, 4) is 5.75 Å². The number of para-hydroxylation sites is 1. The minimum absolute atomic E-state index is 0.178. The molecule has 0 aliphatic carbocycles. The number of aliphatic hydroxyl groups excluding tert-OH is 1. The molecule has 0 amide bonds. The van der Waals surface area contributed by atoms with Crippen LogP contribution in [0.1, 0.15) is 23.7 Å². The summed E-state index contributed by atoms with van der Waals surface area (Å²) >= 11 is 0. The molecule has 1 aromatic carbocycles. The first-order chi connectivity index (χ1) is 6.16. The zero-order valence-corrected chi connectivity index (χ0v) is 7.70. The van der Waals surface area contributed by atoms with Gasteiger partial charge >= 0.3 is 0 Å². The summed E-state index contributed by atoms with van der Waals surface area (Å²) in [5.74, 6) is 0.178. The fourth-order valence-electron chi connectivity index (χ4n) is 1.24. The Labute approximate surface area is 78.2 Å². The van der Waals surface area contributed by atoms with Crippen LogP contribution in [0.25, 0.3) is 0 Å². The first kappa shape index (κ1) is 9.81. The lowest BCUT2D eigenvalue weighted by Gasteiger charge is -2.11. The van der Waals surface area contributed by atoms with E-state index in [0.717, 1.165) is 5.56 Å². The maximum absolute atomic E-state index is 9.60. The monoisotopic (exact) mass is 178 g/mol. The molecule has 0 aliphatic heterocycles. The lowest BCUT2D eigenvalue weighted by molar-refractivity contribution is 0.177. The van der Waals surface area contributed by atoms with Gasteiger partial charge in [0.2, 0.25) is 0 Å². The predicted molar refractivity (Wildman–Crippen MR) is 52.6 cm³/mol. The fraction of sp³-hybridized carbons (Fsp3) is 0.273. The van der Waals surface area contributed by atoms with Crippen LogP contribution in [0.5, 0.6) is 5.75 Å². The third-order valence-electron chi connectivity index (χ3n) is 2.02. The molecule has 0 heterocycles. The molecule has 0 bridgehead atoms. The molecule has 1 aromatic rings. The summed E-state index contributed by atoms with van der Waals surface area (Å²) in [4.78, 5) is 0. The SMILES string of the molecule is C=CCC(O)c1cccc(C)c1O. The van der Waals surface area contributed by atoms with Crippen LogP contribution in [0.15, 0.2) is 30.9 Å². The summed E-state index contributed by atoms with van der Waals surface area (Å²) in [6.45, 7) is 5.34. The van der Waals surface area contributed by atoms with E-state index in [-0.39, 0.29) is 5.75 Å². The van der Waals surface area contributed by atoms with Gasteiger partial charge in [0, 0.05) is 5.56 Å². The second-order valence-corrected chi connectivity index (χ2v) is 3.05. The van der Waals surface area contributed by atoms with E-state index < -0.39 is 6.10 Å². The van der Waals surface area contributed by atoms with E-state index in [2.05, 4.69) is 6.58 Å². The van der Waals surface area contributed by atoms with Crippen LogP contribution in [-0.4, -0.2) is 10.2 Å². The molecule has 1 atom stereocenters. The van der Waals surface area contributed by atoms with Gasteiger partial charge in [-0.1, -0.05) is 24.3 Å². The van der Waals surface area contributed by atoms with Crippen LogP contribution in [0.4, 0.5) is 0 Å². The predicted octanol–water partition coefficient (Wildman–Crippen LogP) is 2.31. The molecule has 0 aromatic heterocycles. The number of aryl methyl sites for hydroxylation is 1. The van der Waals surface area contributed by atoms with Crippen LogP contribution < -0.4 is 0 Å². The molecule has 0 radical (unpaired) electrons. The summed E-state index contributed by atoms with van der Waals surface area (Å²) in [5.41, 5.74) is 1.35. The smallest absolute Gasteiger partial charge is 0.124 e. The molecule has 1 unspecified atom stereocenters. The van der Waals surface area contributed by atoms with Gasteiger partial charge in [0.1, 0.15) is 5.75 Å². The molecule has 70 valence electrons. The van der Waals surface area contributed by atoms with Crippen molar-refractivity contribution in [2.24, 2.45) is 0 Å². The highest BCUT2D eigenvalue weighted by Gasteiger charge is 2.11. The molecule has 0 saturated carbocycles. The number of hydrogen-bond acceptors (Lipinski definition) is 2. The van der Waals surface area contributed by atoms with Crippen molar-refractivity contribution in [3.63, 3.8) is 0 Å². The highest BCUT2D eigenvalue weighted by molar-refractivity contribution is 5.40.